The van der Waals surface area contributed by atoms with Gasteiger partial charge in [-0.25, -0.2) is 0 Å². The quantitative estimate of drug-likeness (QED) is 0.756. The van der Waals surface area contributed by atoms with E-state index in [4.69, 9.17) is 10.5 Å². The average molecular weight is 250 g/mol. The summed E-state index contributed by atoms with van der Waals surface area (Å²) in [6.07, 6.45) is 1.03. The number of nitrogen functional groups attached to an aromatic ring is 1. The summed E-state index contributed by atoms with van der Waals surface area (Å²) in [6.45, 7) is 9.46. The second-order valence-electron chi connectivity index (χ2n) is 5.33. The van der Waals surface area contributed by atoms with Crippen molar-refractivity contribution < 1.29 is 4.74 Å². The van der Waals surface area contributed by atoms with Crippen LogP contribution < -0.4 is 5.73 Å². The zero-order valence-electron chi connectivity index (χ0n) is 12.1. The minimum atomic E-state index is -0.0524. The molecule has 0 amide bonds. The highest BCUT2D eigenvalue weighted by atomic mass is 16.5. The van der Waals surface area contributed by atoms with Gasteiger partial charge in [0.1, 0.15) is 0 Å². The fourth-order valence-electron chi connectivity index (χ4n) is 1.83. The first kappa shape index (κ1) is 15.0. The van der Waals surface area contributed by atoms with Crippen LogP contribution in [0.2, 0.25) is 0 Å². The van der Waals surface area contributed by atoms with Gasteiger partial charge in [0.15, 0.2) is 0 Å². The van der Waals surface area contributed by atoms with Gasteiger partial charge in [-0.2, -0.15) is 0 Å². The van der Waals surface area contributed by atoms with Crippen molar-refractivity contribution >= 4 is 5.69 Å². The average Bonchev–Trinajstić information content (AvgIpc) is 2.34. The van der Waals surface area contributed by atoms with Crippen LogP contribution in [-0.4, -0.2) is 30.7 Å². The molecule has 0 bridgehead atoms. The van der Waals surface area contributed by atoms with Crippen LogP contribution in [0.1, 0.15) is 32.8 Å². The molecule has 0 saturated heterocycles. The van der Waals surface area contributed by atoms with Gasteiger partial charge in [-0.1, -0.05) is 19.1 Å². The molecule has 0 unspecified atom stereocenters. The number of hydrogen-bond donors (Lipinski definition) is 1. The number of benzene rings is 1. The molecule has 0 aromatic heterocycles. The van der Waals surface area contributed by atoms with Gasteiger partial charge in [-0.3, -0.25) is 4.90 Å². The molecular formula is C15H26N2O. The van der Waals surface area contributed by atoms with Crippen LogP contribution in [0.25, 0.3) is 0 Å². The lowest BCUT2D eigenvalue weighted by atomic mass is 10.0. The van der Waals surface area contributed by atoms with E-state index >= 15 is 0 Å². The molecular weight excluding hydrogens is 224 g/mol. The zero-order valence-corrected chi connectivity index (χ0v) is 12.1. The largest absolute Gasteiger partial charge is 0.399 e. The molecule has 1 aromatic carbocycles. The summed E-state index contributed by atoms with van der Waals surface area (Å²) in [5, 5.41) is 0. The van der Waals surface area contributed by atoms with Crippen molar-refractivity contribution in [1.82, 2.24) is 4.90 Å². The lowest BCUT2D eigenvalue weighted by Crippen LogP contribution is -2.32. The van der Waals surface area contributed by atoms with Crippen LogP contribution >= 0.6 is 0 Å². The Morgan fingerprint density at radius 1 is 1.33 bits per heavy atom. The van der Waals surface area contributed by atoms with E-state index < -0.39 is 0 Å². The van der Waals surface area contributed by atoms with Crippen molar-refractivity contribution in [3.8, 4) is 0 Å². The lowest BCUT2D eigenvalue weighted by molar-refractivity contribution is 0.00719. The Labute approximate surface area is 111 Å². The highest BCUT2D eigenvalue weighted by Crippen LogP contribution is 2.15. The van der Waals surface area contributed by atoms with Gasteiger partial charge in [0, 0.05) is 25.9 Å². The molecule has 0 fully saturated rings. The Bertz CT molecular complexity index is 363. The van der Waals surface area contributed by atoms with E-state index in [0.29, 0.717) is 0 Å². The first-order valence-electron chi connectivity index (χ1n) is 6.59. The van der Waals surface area contributed by atoms with E-state index in [1.807, 2.05) is 18.2 Å². The molecule has 0 spiro atoms. The monoisotopic (exact) mass is 250 g/mol. The summed E-state index contributed by atoms with van der Waals surface area (Å²) in [7, 11) is 1.77. The molecule has 0 heterocycles. The highest BCUT2D eigenvalue weighted by molar-refractivity contribution is 5.40. The zero-order chi connectivity index (χ0) is 13.6. The van der Waals surface area contributed by atoms with Crippen molar-refractivity contribution in [3.05, 3.63) is 29.8 Å². The molecule has 0 radical (unpaired) electrons. The van der Waals surface area contributed by atoms with E-state index in [1.54, 1.807) is 7.11 Å². The number of nitrogens with zero attached hydrogens (tertiary/aromatic N) is 1. The van der Waals surface area contributed by atoms with Crippen molar-refractivity contribution in [2.24, 2.45) is 0 Å². The van der Waals surface area contributed by atoms with E-state index in [-0.39, 0.29) is 5.60 Å². The summed E-state index contributed by atoms with van der Waals surface area (Å²) in [6, 6.07) is 8.11. The number of rotatable bonds is 7. The highest BCUT2D eigenvalue weighted by Gasteiger charge is 2.17. The van der Waals surface area contributed by atoms with Gasteiger partial charge in [0.25, 0.3) is 0 Å². The van der Waals surface area contributed by atoms with E-state index in [1.165, 1.54) is 5.56 Å². The number of methoxy groups -OCH3 is 1. The maximum absolute atomic E-state index is 5.80. The Kier molecular flexibility index (Phi) is 5.63. The summed E-state index contributed by atoms with van der Waals surface area (Å²) in [5.41, 5.74) is 7.85. The third-order valence-corrected chi connectivity index (χ3v) is 3.39. The van der Waals surface area contributed by atoms with Gasteiger partial charge in [0.2, 0.25) is 0 Å². The van der Waals surface area contributed by atoms with Crippen LogP contribution in [0.4, 0.5) is 5.69 Å². The third kappa shape index (κ3) is 5.07. The molecule has 1 rings (SSSR count). The fraction of sp³-hybridized carbons (Fsp3) is 0.600. The molecule has 102 valence electrons. The van der Waals surface area contributed by atoms with E-state index in [9.17, 15) is 0 Å². The molecule has 0 saturated carbocycles. The van der Waals surface area contributed by atoms with Crippen LogP contribution in [0.3, 0.4) is 0 Å². The maximum atomic E-state index is 5.80. The van der Waals surface area contributed by atoms with Gasteiger partial charge in [-0.05, 0) is 44.5 Å². The minimum Gasteiger partial charge on any atom is -0.399 e. The molecule has 0 aliphatic carbocycles. The summed E-state index contributed by atoms with van der Waals surface area (Å²) in [4.78, 5) is 2.41. The second kappa shape index (κ2) is 6.76. The van der Waals surface area contributed by atoms with Crippen LogP contribution in [0, 0.1) is 0 Å². The fourth-order valence-corrected chi connectivity index (χ4v) is 1.83. The third-order valence-electron chi connectivity index (χ3n) is 3.39. The van der Waals surface area contributed by atoms with Crippen LogP contribution in [-0.2, 0) is 11.3 Å². The van der Waals surface area contributed by atoms with Crippen molar-refractivity contribution in [3.63, 3.8) is 0 Å². The van der Waals surface area contributed by atoms with Crippen LogP contribution in [0.5, 0.6) is 0 Å². The molecule has 18 heavy (non-hydrogen) atoms. The van der Waals surface area contributed by atoms with Gasteiger partial charge < -0.3 is 10.5 Å². The second-order valence-corrected chi connectivity index (χ2v) is 5.33. The summed E-state index contributed by atoms with van der Waals surface area (Å²) < 4.78 is 5.46. The lowest BCUT2D eigenvalue weighted by Gasteiger charge is -2.27. The topological polar surface area (TPSA) is 38.5 Å². The van der Waals surface area contributed by atoms with Gasteiger partial charge in [0.05, 0.1) is 5.60 Å². The Balaban J connectivity index is 2.52. The van der Waals surface area contributed by atoms with E-state index in [0.717, 1.165) is 31.7 Å². The Morgan fingerprint density at radius 2 is 2.06 bits per heavy atom. The number of hydrogen-bond acceptors (Lipinski definition) is 3. The Hall–Kier alpha value is -1.06. The predicted octanol–water partition coefficient (Wildman–Crippen LogP) is 2.91. The first-order valence-corrected chi connectivity index (χ1v) is 6.59. The molecule has 0 aliphatic heterocycles. The van der Waals surface area contributed by atoms with Gasteiger partial charge in [-0.15, -0.1) is 0 Å². The SMILES string of the molecule is CCN(CCC(C)(C)OC)Cc1cccc(N)c1. The van der Waals surface area contributed by atoms with Gasteiger partial charge >= 0.3 is 0 Å². The molecule has 1 aromatic rings. The molecule has 3 nitrogen and oxygen atoms in total. The summed E-state index contributed by atoms with van der Waals surface area (Å²) in [5.74, 6) is 0. The number of ether oxygens (including phenoxy) is 1. The number of nitrogens with two attached hydrogens (primary N) is 1. The smallest absolute Gasteiger partial charge is 0.0634 e. The standard InChI is InChI=1S/C15H26N2O/c1-5-17(10-9-15(2,3)18-4)12-13-7-6-8-14(16)11-13/h6-8,11H,5,9-10,12,16H2,1-4H3. The first-order chi connectivity index (χ1) is 8.46. The minimum absolute atomic E-state index is 0.0524. The molecule has 0 atom stereocenters. The van der Waals surface area contributed by atoms with E-state index in [2.05, 4.69) is 31.7 Å². The maximum Gasteiger partial charge on any atom is 0.0634 e. The summed E-state index contributed by atoms with van der Waals surface area (Å²) >= 11 is 0. The Morgan fingerprint density at radius 3 is 2.61 bits per heavy atom. The molecule has 3 heteroatoms. The van der Waals surface area contributed by atoms with Crippen molar-refractivity contribution in [2.45, 2.75) is 39.3 Å². The van der Waals surface area contributed by atoms with Crippen molar-refractivity contribution in [2.75, 3.05) is 25.9 Å². The number of anilines is 1. The predicted molar refractivity (Wildman–Crippen MR) is 77.5 cm³/mol. The van der Waals surface area contributed by atoms with Crippen LogP contribution in [0.15, 0.2) is 24.3 Å². The molecule has 0 aliphatic rings. The normalized spacial score (nSPS) is 12.1. The molecule has 2 N–H and O–H groups in total. The van der Waals surface area contributed by atoms with Crippen molar-refractivity contribution in [1.29, 1.82) is 0 Å².